The highest BCUT2D eigenvalue weighted by Gasteiger charge is 2.52. The van der Waals surface area contributed by atoms with E-state index in [4.69, 9.17) is 23.7 Å². The monoisotopic (exact) mass is 703 g/mol. The van der Waals surface area contributed by atoms with Crippen LogP contribution in [0.15, 0.2) is 36.7 Å². The van der Waals surface area contributed by atoms with Crippen LogP contribution in [0.2, 0.25) is 0 Å². The lowest BCUT2D eigenvalue weighted by Gasteiger charge is -2.47. The molecular formula is C38H61N3O9. The van der Waals surface area contributed by atoms with Gasteiger partial charge in [0.1, 0.15) is 29.8 Å². The van der Waals surface area contributed by atoms with Gasteiger partial charge in [-0.25, -0.2) is 0 Å². The molecule has 2 N–H and O–H groups in total. The number of aliphatic hydroxyl groups is 2. The van der Waals surface area contributed by atoms with Crippen LogP contribution < -0.4 is 0 Å². The number of ether oxygens (including phenoxy) is 5. The normalized spacial score (nSPS) is 42.0. The Morgan fingerprint density at radius 1 is 1.12 bits per heavy atom. The van der Waals surface area contributed by atoms with Gasteiger partial charge in [-0.3, -0.25) is 19.5 Å². The van der Waals surface area contributed by atoms with E-state index in [1.165, 1.54) is 13.2 Å². The van der Waals surface area contributed by atoms with Crippen molar-refractivity contribution < 1.29 is 43.5 Å². The summed E-state index contributed by atoms with van der Waals surface area (Å²) < 4.78 is 32.0. The number of aromatic nitrogens is 1. The lowest BCUT2D eigenvalue weighted by molar-refractivity contribution is -0.297. The number of ketones is 1. The van der Waals surface area contributed by atoms with Crippen LogP contribution in [-0.2, 0) is 39.8 Å². The Morgan fingerprint density at radius 3 is 2.48 bits per heavy atom. The number of likely N-dealkylation sites (N-methyl/N-ethyl adjacent to an activating group) is 1. The van der Waals surface area contributed by atoms with E-state index in [9.17, 15) is 19.8 Å². The van der Waals surface area contributed by atoms with Crippen LogP contribution in [0, 0.1) is 17.8 Å². The van der Waals surface area contributed by atoms with E-state index in [1.54, 1.807) is 26.1 Å². The Labute approximate surface area is 298 Å². The van der Waals surface area contributed by atoms with Crippen LogP contribution in [-0.4, -0.2) is 124 Å². The highest BCUT2D eigenvalue weighted by molar-refractivity contribution is 6.00. The zero-order chi connectivity index (χ0) is 37.0. The minimum atomic E-state index is -1.65. The molecule has 0 aliphatic carbocycles. The molecule has 50 heavy (non-hydrogen) atoms. The van der Waals surface area contributed by atoms with Gasteiger partial charge in [0.05, 0.1) is 36.4 Å². The van der Waals surface area contributed by atoms with Crippen molar-refractivity contribution in [2.75, 3.05) is 27.2 Å². The van der Waals surface area contributed by atoms with E-state index in [1.807, 2.05) is 64.9 Å². The third-order valence-corrected chi connectivity index (χ3v) is 10.9. The molecule has 13 atom stereocenters. The summed E-state index contributed by atoms with van der Waals surface area (Å²) >= 11 is 0. The number of hydrogen-bond acceptors (Lipinski definition) is 12. The van der Waals surface area contributed by atoms with Gasteiger partial charge in [-0.05, 0) is 92.1 Å². The number of pyridine rings is 1. The highest BCUT2D eigenvalue weighted by atomic mass is 16.7. The van der Waals surface area contributed by atoms with Crippen molar-refractivity contribution in [3.8, 4) is 0 Å². The molecule has 2 bridgehead atoms. The maximum Gasteiger partial charge on any atom is 0.316 e. The molecule has 0 radical (unpaired) electrons. The quantitative estimate of drug-likeness (QED) is 0.330. The molecule has 0 aromatic carbocycles. The number of fused-ring (bicyclic) bond motifs is 14. The summed E-state index contributed by atoms with van der Waals surface area (Å²) in [7, 11) is 3.81. The van der Waals surface area contributed by atoms with Crippen molar-refractivity contribution in [3.05, 3.63) is 42.4 Å². The molecule has 12 nitrogen and oxygen atoms in total. The van der Waals surface area contributed by atoms with Gasteiger partial charge in [-0.1, -0.05) is 26.8 Å². The summed E-state index contributed by atoms with van der Waals surface area (Å²) in [4.78, 5) is 36.8. The third kappa shape index (κ3) is 9.12. The van der Waals surface area contributed by atoms with Gasteiger partial charge in [-0.2, -0.15) is 0 Å². The highest BCUT2D eigenvalue weighted by Crippen LogP contribution is 2.38. The van der Waals surface area contributed by atoms with Gasteiger partial charge in [0.15, 0.2) is 12.1 Å². The predicted octanol–water partition coefficient (Wildman–Crippen LogP) is 3.73. The predicted molar refractivity (Wildman–Crippen MR) is 188 cm³/mol. The summed E-state index contributed by atoms with van der Waals surface area (Å²) in [6, 6.07) is 5.17. The summed E-state index contributed by atoms with van der Waals surface area (Å²) in [6.07, 6.45) is 1.38. The zero-order valence-electron chi connectivity index (χ0n) is 31.7. The molecule has 0 amide bonds. The van der Waals surface area contributed by atoms with Crippen molar-refractivity contribution >= 4 is 11.8 Å². The summed E-state index contributed by atoms with van der Waals surface area (Å²) in [5.41, 5.74) is -1.88. The largest absolute Gasteiger partial charge is 0.493 e. The number of carbonyl (C=O) groups excluding carboxylic acids is 2. The maximum absolute atomic E-state index is 14.3. The van der Waals surface area contributed by atoms with E-state index in [0.717, 1.165) is 5.69 Å². The van der Waals surface area contributed by atoms with Gasteiger partial charge in [0.2, 0.25) is 0 Å². The van der Waals surface area contributed by atoms with Crippen LogP contribution in [0.25, 0.3) is 0 Å². The van der Waals surface area contributed by atoms with Crippen molar-refractivity contribution in [2.45, 2.75) is 141 Å². The third-order valence-electron chi connectivity index (χ3n) is 10.9. The lowest BCUT2D eigenvalue weighted by Crippen LogP contribution is -2.60. The minimum Gasteiger partial charge on any atom is -0.493 e. The number of nitrogens with zero attached hydrogens (tertiary/aromatic N) is 3. The molecule has 2 saturated heterocycles. The SMILES string of the molecule is CC[C@H]1OC(=O)C(C)C(=O)[C@H](C)[C@@H](O[C@@H]2O[C@H](C)C[C@H](N(C)C)[C@H]2O)[C@@]2(C)C[C@@H](C)CN(Cc3ccccn3)[C@H](C)[C@H](O/C=C/CO2)[C@]1(C)O. The van der Waals surface area contributed by atoms with Crippen molar-refractivity contribution in [1.82, 2.24) is 14.8 Å². The van der Waals surface area contributed by atoms with E-state index < -0.39 is 65.5 Å². The van der Waals surface area contributed by atoms with Crippen molar-refractivity contribution in [3.63, 3.8) is 0 Å². The molecule has 2 fully saturated rings. The molecule has 1 unspecified atom stereocenters. The maximum atomic E-state index is 14.3. The van der Waals surface area contributed by atoms with Gasteiger partial charge in [-0.15, -0.1) is 0 Å². The Kier molecular flexibility index (Phi) is 13.6. The molecule has 0 saturated carbocycles. The Morgan fingerprint density at radius 2 is 1.84 bits per heavy atom. The number of esters is 1. The summed E-state index contributed by atoms with van der Waals surface area (Å²) in [6.45, 7) is 15.9. The molecule has 5 heterocycles. The molecule has 12 heteroatoms. The molecule has 4 aliphatic rings. The number of carbonyl (C=O) groups is 2. The number of rotatable bonds is 6. The van der Waals surface area contributed by atoms with Crippen LogP contribution in [0.3, 0.4) is 0 Å². The summed E-state index contributed by atoms with van der Waals surface area (Å²) in [5, 5.41) is 23.7. The molecule has 1 aromatic rings. The van der Waals surface area contributed by atoms with E-state index in [-0.39, 0.29) is 37.1 Å². The lowest BCUT2D eigenvalue weighted by atomic mass is 9.78. The Hall–Kier alpha value is -2.45. The average molecular weight is 704 g/mol. The zero-order valence-corrected chi connectivity index (χ0v) is 31.7. The first kappa shape index (κ1) is 40.3. The van der Waals surface area contributed by atoms with Crippen molar-refractivity contribution in [2.24, 2.45) is 17.8 Å². The first-order chi connectivity index (χ1) is 23.5. The van der Waals surface area contributed by atoms with Crippen LogP contribution in [0.1, 0.15) is 80.3 Å². The van der Waals surface area contributed by atoms with Gasteiger partial charge in [0.25, 0.3) is 0 Å². The van der Waals surface area contributed by atoms with Crippen molar-refractivity contribution in [1.29, 1.82) is 0 Å². The molecular weight excluding hydrogens is 642 g/mol. The Balaban J connectivity index is 1.86. The summed E-state index contributed by atoms with van der Waals surface area (Å²) in [5.74, 6) is -3.19. The second-order valence-corrected chi connectivity index (χ2v) is 15.5. The van der Waals surface area contributed by atoms with Gasteiger partial charge in [0, 0.05) is 37.3 Å². The standard InChI is InChI=1S/C38H61N3O9/c1-11-30-38(8,45)34-27(6)41(22-28-15-12-13-16-39-28)21-23(2)20-37(7,47-18-14-17-46-34)33(25(4)31(42)26(5)35(44)49-30)50-36-32(43)29(40(9)10)19-24(3)48-36/h12-17,23-27,29-30,32-34,36,43,45H,11,18-22H2,1-10H3/b17-14+/t23-,24-,25+,26?,27-,29+,30-,32-,33-,34+,36+,37-,38-/m1/s1. The fourth-order valence-electron chi connectivity index (χ4n) is 8.13. The number of hydrogen-bond donors (Lipinski definition) is 2. The molecule has 282 valence electrons. The minimum absolute atomic E-state index is 0.0263. The second kappa shape index (κ2) is 16.9. The van der Waals surface area contributed by atoms with Crippen LogP contribution in [0.5, 0.6) is 0 Å². The van der Waals surface area contributed by atoms with Crippen LogP contribution >= 0.6 is 0 Å². The first-order valence-electron chi connectivity index (χ1n) is 18.2. The molecule has 5 rings (SSSR count). The average Bonchev–Trinajstić information content (AvgIpc) is 3.06. The second-order valence-electron chi connectivity index (χ2n) is 15.5. The Bertz CT molecular complexity index is 1300. The van der Waals surface area contributed by atoms with Gasteiger partial charge >= 0.3 is 5.97 Å². The number of aliphatic hydroxyl groups excluding tert-OH is 1. The molecule has 0 spiro atoms. The van der Waals surface area contributed by atoms with E-state index >= 15 is 0 Å². The van der Waals surface area contributed by atoms with E-state index in [2.05, 4.69) is 16.8 Å². The smallest absolute Gasteiger partial charge is 0.316 e. The first-order valence-corrected chi connectivity index (χ1v) is 18.2. The molecule has 1 aromatic heterocycles. The molecule has 4 aliphatic heterocycles. The van der Waals surface area contributed by atoms with Crippen LogP contribution in [0.4, 0.5) is 0 Å². The van der Waals surface area contributed by atoms with Gasteiger partial charge < -0.3 is 38.8 Å². The fraction of sp³-hybridized carbons (Fsp3) is 0.763. The fourth-order valence-corrected chi connectivity index (χ4v) is 8.13. The topological polar surface area (TPSA) is 140 Å². The van der Waals surface area contributed by atoms with E-state index in [0.29, 0.717) is 25.9 Å². The number of Topliss-reactive ketones (excluding diaryl/α,β-unsaturated/α-hetero) is 1.